The molecule has 1 N–H and O–H groups in total. The van der Waals surface area contributed by atoms with Crippen LogP contribution in [0.25, 0.3) is 0 Å². The van der Waals surface area contributed by atoms with E-state index in [4.69, 9.17) is 4.74 Å². The van der Waals surface area contributed by atoms with Crippen LogP contribution in [0.3, 0.4) is 0 Å². The summed E-state index contributed by atoms with van der Waals surface area (Å²) in [5, 5.41) is 2.96. The zero-order valence-electron chi connectivity index (χ0n) is 16.2. The van der Waals surface area contributed by atoms with Gasteiger partial charge in [-0.1, -0.05) is 17.7 Å². The molecule has 0 saturated carbocycles. The lowest BCUT2D eigenvalue weighted by atomic mass is 9.85. The van der Waals surface area contributed by atoms with Gasteiger partial charge in [0.2, 0.25) is 5.91 Å². The maximum absolute atomic E-state index is 13.2. The minimum Gasteiger partial charge on any atom is -0.468 e. The van der Waals surface area contributed by atoms with Gasteiger partial charge in [-0.25, -0.2) is 4.79 Å². The Hall–Kier alpha value is -2.57. The number of hydrogen-bond acceptors (Lipinski definition) is 4. The number of nitrogens with zero attached hydrogens (tertiary/aromatic N) is 2. The summed E-state index contributed by atoms with van der Waals surface area (Å²) in [6.45, 7) is 4.94. The van der Waals surface area contributed by atoms with Crippen LogP contribution in [0.5, 0.6) is 0 Å². The minimum atomic E-state index is -0.852. The van der Waals surface area contributed by atoms with Crippen LogP contribution in [0.1, 0.15) is 36.8 Å². The highest BCUT2D eigenvalue weighted by molar-refractivity contribution is 5.98. The van der Waals surface area contributed by atoms with E-state index in [9.17, 15) is 14.4 Å². The highest BCUT2D eigenvalue weighted by Crippen LogP contribution is 2.38. The topological polar surface area (TPSA) is 79.0 Å². The Kier molecular flexibility index (Phi) is 5.39. The lowest BCUT2D eigenvalue weighted by Crippen LogP contribution is -2.62. The summed E-state index contributed by atoms with van der Waals surface area (Å²) in [6, 6.07) is 5.59. The number of likely N-dealkylation sites (tertiary alicyclic amines) is 2. The van der Waals surface area contributed by atoms with Crippen molar-refractivity contribution in [1.82, 2.24) is 9.80 Å². The van der Waals surface area contributed by atoms with Gasteiger partial charge in [0.05, 0.1) is 7.11 Å². The zero-order valence-corrected chi connectivity index (χ0v) is 16.2. The molecule has 27 heavy (non-hydrogen) atoms. The van der Waals surface area contributed by atoms with Crippen LogP contribution in [-0.4, -0.2) is 60.0 Å². The van der Waals surface area contributed by atoms with E-state index in [-0.39, 0.29) is 18.5 Å². The van der Waals surface area contributed by atoms with Crippen LogP contribution in [0, 0.1) is 13.8 Å². The number of piperidine rings is 1. The van der Waals surface area contributed by atoms with Crippen molar-refractivity contribution in [3.8, 4) is 0 Å². The number of urea groups is 1. The Morgan fingerprint density at radius 1 is 1.19 bits per heavy atom. The zero-order chi connectivity index (χ0) is 19.6. The van der Waals surface area contributed by atoms with Gasteiger partial charge in [0.15, 0.2) is 0 Å². The van der Waals surface area contributed by atoms with Gasteiger partial charge in [-0.05, 0) is 51.2 Å². The van der Waals surface area contributed by atoms with Crippen LogP contribution >= 0.6 is 0 Å². The second-order valence-electron chi connectivity index (χ2n) is 7.44. The Morgan fingerprint density at radius 3 is 2.56 bits per heavy atom. The van der Waals surface area contributed by atoms with Gasteiger partial charge < -0.3 is 19.9 Å². The van der Waals surface area contributed by atoms with Gasteiger partial charge in [0, 0.05) is 18.8 Å². The second-order valence-corrected chi connectivity index (χ2v) is 7.44. The first kappa shape index (κ1) is 19.2. The van der Waals surface area contributed by atoms with E-state index in [0.717, 1.165) is 29.7 Å². The van der Waals surface area contributed by atoms with E-state index in [1.165, 1.54) is 12.0 Å². The first-order valence-electron chi connectivity index (χ1n) is 9.39. The SMILES string of the molecule is COC(=O)CN1CCCC2(CCCN2C(=O)Nc2ccc(C)cc2C)C1=O. The molecule has 1 atom stereocenters. The van der Waals surface area contributed by atoms with Crippen molar-refractivity contribution in [3.63, 3.8) is 0 Å². The maximum atomic E-state index is 13.2. The number of ether oxygens (including phenoxy) is 1. The fraction of sp³-hybridized carbons (Fsp3) is 0.550. The van der Waals surface area contributed by atoms with Gasteiger partial charge in [-0.3, -0.25) is 9.59 Å². The molecule has 7 nitrogen and oxygen atoms in total. The molecule has 2 fully saturated rings. The first-order chi connectivity index (χ1) is 12.9. The molecule has 0 aliphatic carbocycles. The summed E-state index contributed by atoms with van der Waals surface area (Å²) >= 11 is 0. The number of hydrogen-bond donors (Lipinski definition) is 1. The molecule has 0 aromatic heterocycles. The molecule has 0 bridgehead atoms. The third-order valence-electron chi connectivity index (χ3n) is 5.61. The number of rotatable bonds is 3. The second kappa shape index (κ2) is 7.58. The standard InChI is InChI=1S/C20H27N3O4/c1-14-6-7-16(15(2)12-14)21-19(26)23-11-5-9-20(23)8-4-10-22(18(20)25)13-17(24)27-3/h6-7,12H,4-5,8-11,13H2,1-3H3,(H,21,26). The first-order valence-corrected chi connectivity index (χ1v) is 9.39. The molecule has 2 aliphatic rings. The lowest BCUT2D eigenvalue weighted by Gasteiger charge is -2.44. The van der Waals surface area contributed by atoms with Crippen molar-refractivity contribution in [2.75, 3.05) is 32.1 Å². The predicted octanol–water partition coefficient (Wildman–Crippen LogP) is 2.47. The molecule has 2 aliphatic heterocycles. The number of amides is 3. The third-order valence-corrected chi connectivity index (χ3v) is 5.61. The van der Waals surface area contributed by atoms with Crippen LogP contribution < -0.4 is 5.32 Å². The number of esters is 1. The number of benzene rings is 1. The average Bonchev–Trinajstić information content (AvgIpc) is 3.06. The summed E-state index contributed by atoms with van der Waals surface area (Å²) < 4.78 is 4.70. The number of nitrogens with one attached hydrogen (secondary N) is 1. The van der Waals surface area contributed by atoms with E-state index in [1.807, 2.05) is 32.0 Å². The molecule has 1 aromatic rings. The fourth-order valence-corrected chi connectivity index (χ4v) is 4.23. The molecule has 0 radical (unpaired) electrons. The third kappa shape index (κ3) is 3.63. The van der Waals surface area contributed by atoms with Gasteiger partial charge in [0.1, 0.15) is 12.1 Å². The van der Waals surface area contributed by atoms with Crippen LogP contribution in [-0.2, 0) is 14.3 Å². The highest BCUT2D eigenvalue weighted by Gasteiger charge is 2.53. The predicted molar refractivity (Wildman–Crippen MR) is 101 cm³/mol. The van der Waals surface area contributed by atoms with Crippen molar-refractivity contribution < 1.29 is 19.1 Å². The molecule has 1 unspecified atom stereocenters. The van der Waals surface area contributed by atoms with Crippen molar-refractivity contribution in [3.05, 3.63) is 29.3 Å². The Labute approximate surface area is 159 Å². The summed E-state index contributed by atoms with van der Waals surface area (Å²) in [5.74, 6) is -0.586. The van der Waals surface area contributed by atoms with E-state index in [0.29, 0.717) is 25.9 Å². The number of methoxy groups -OCH3 is 1. The van der Waals surface area contributed by atoms with Gasteiger partial charge in [-0.15, -0.1) is 0 Å². The highest BCUT2D eigenvalue weighted by atomic mass is 16.5. The largest absolute Gasteiger partial charge is 0.468 e. The smallest absolute Gasteiger partial charge is 0.325 e. The van der Waals surface area contributed by atoms with Crippen molar-refractivity contribution in [1.29, 1.82) is 0 Å². The Morgan fingerprint density at radius 2 is 1.89 bits per heavy atom. The maximum Gasteiger partial charge on any atom is 0.325 e. The normalized spacial score (nSPS) is 22.3. The summed E-state index contributed by atoms with van der Waals surface area (Å²) in [6.07, 6.45) is 2.79. The van der Waals surface area contributed by atoms with E-state index >= 15 is 0 Å². The summed E-state index contributed by atoms with van der Waals surface area (Å²) in [4.78, 5) is 41.0. The Balaban J connectivity index is 1.79. The number of carbonyl (C=O) groups is 3. The molecule has 1 spiro atoms. The van der Waals surface area contributed by atoms with Gasteiger partial charge in [-0.2, -0.15) is 0 Å². The molecule has 7 heteroatoms. The minimum absolute atomic E-state index is 0.0659. The summed E-state index contributed by atoms with van der Waals surface area (Å²) in [5.41, 5.74) is 2.01. The number of carbonyl (C=O) groups excluding carboxylic acids is 3. The molecular weight excluding hydrogens is 346 g/mol. The molecule has 146 valence electrons. The Bertz CT molecular complexity index is 764. The average molecular weight is 373 g/mol. The molecule has 2 heterocycles. The van der Waals surface area contributed by atoms with Gasteiger partial charge >= 0.3 is 12.0 Å². The van der Waals surface area contributed by atoms with Gasteiger partial charge in [0.25, 0.3) is 0 Å². The van der Waals surface area contributed by atoms with E-state index in [1.54, 1.807) is 4.90 Å². The molecule has 3 amide bonds. The molecule has 1 aromatic carbocycles. The van der Waals surface area contributed by atoms with Crippen LogP contribution in [0.4, 0.5) is 10.5 Å². The molecular formula is C20H27N3O4. The van der Waals surface area contributed by atoms with Crippen molar-refractivity contribution >= 4 is 23.6 Å². The lowest BCUT2D eigenvalue weighted by molar-refractivity contribution is -0.153. The molecule has 3 rings (SSSR count). The molecule has 2 saturated heterocycles. The monoisotopic (exact) mass is 373 g/mol. The van der Waals surface area contributed by atoms with Crippen molar-refractivity contribution in [2.45, 2.75) is 45.1 Å². The quantitative estimate of drug-likeness (QED) is 0.826. The van der Waals surface area contributed by atoms with Crippen molar-refractivity contribution in [2.24, 2.45) is 0 Å². The summed E-state index contributed by atoms with van der Waals surface area (Å²) in [7, 11) is 1.31. The van der Waals surface area contributed by atoms with E-state index in [2.05, 4.69) is 5.32 Å². The van der Waals surface area contributed by atoms with Crippen LogP contribution in [0.2, 0.25) is 0 Å². The van der Waals surface area contributed by atoms with E-state index < -0.39 is 11.5 Å². The number of aryl methyl sites for hydroxylation is 2. The fourth-order valence-electron chi connectivity index (χ4n) is 4.23. The number of anilines is 1. The van der Waals surface area contributed by atoms with Crippen LogP contribution in [0.15, 0.2) is 18.2 Å².